The molecule has 1 heterocycles. The molecule has 1 aromatic heterocycles. The van der Waals surface area contributed by atoms with Crippen molar-refractivity contribution in [2.75, 3.05) is 12.4 Å². The number of hydrogen-bond acceptors (Lipinski definition) is 4. The van der Waals surface area contributed by atoms with E-state index < -0.39 is 0 Å². The van der Waals surface area contributed by atoms with E-state index in [9.17, 15) is 0 Å². The number of hydrogen-bond donors (Lipinski definition) is 1. The van der Waals surface area contributed by atoms with Crippen molar-refractivity contribution in [3.8, 4) is 11.8 Å². The number of benzene rings is 1. The van der Waals surface area contributed by atoms with E-state index in [0.29, 0.717) is 27.8 Å². The number of nitrogens with one attached hydrogen (secondary N) is 1. The van der Waals surface area contributed by atoms with Crippen LogP contribution in [0.2, 0.25) is 5.02 Å². The van der Waals surface area contributed by atoms with Gasteiger partial charge in [0.1, 0.15) is 11.8 Å². The number of anilines is 2. The van der Waals surface area contributed by atoms with Crippen molar-refractivity contribution in [3.05, 3.63) is 47.2 Å². The van der Waals surface area contributed by atoms with Crippen LogP contribution in [0.3, 0.4) is 0 Å². The molecule has 0 aliphatic heterocycles. The Kier molecular flexibility index (Phi) is 3.66. The summed E-state index contributed by atoms with van der Waals surface area (Å²) in [5.41, 5.74) is 1.62. The molecule has 2 rings (SSSR count). The van der Waals surface area contributed by atoms with Crippen LogP contribution >= 0.6 is 11.6 Å². The number of methoxy groups -OCH3 is 1. The van der Waals surface area contributed by atoms with Crippen molar-refractivity contribution in [2.24, 2.45) is 0 Å². The van der Waals surface area contributed by atoms with E-state index in [1.54, 1.807) is 43.6 Å². The number of halogens is 1. The molecule has 90 valence electrons. The summed E-state index contributed by atoms with van der Waals surface area (Å²) in [6.45, 7) is 0. The molecule has 0 aliphatic carbocycles. The number of rotatable bonds is 3. The van der Waals surface area contributed by atoms with Crippen molar-refractivity contribution in [1.82, 2.24) is 4.98 Å². The maximum atomic E-state index is 8.97. The Balaban J connectivity index is 2.40. The maximum absolute atomic E-state index is 8.97. The van der Waals surface area contributed by atoms with Gasteiger partial charge in [0.05, 0.1) is 18.5 Å². The highest BCUT2D eigenvalue weighted by molar-refractivity contribution is 6.31. The summed E-state index contributed by atoms with van der Waals surface area (Å²) in [7, 11) is 1.57. The molecule has 0 radical (unpaired) electrons. The number of nitriles is 1. The largest absolute Gasteiger partial charge is 0.495 e. The highest BCUT2D eigenvalue weighted by Crippen LogP contribution is 2.30. The fourth-order valence-electron chi connectivity index (χ4n) is 1.52. The first-order valence-corrected chi connectivity index (χ1v) is 5.58. The lowest BCUT2D eigenvalue weighted by atomic mass is 10.2. The Bertz CT molecular complexity index is 607. The molecule has 0 saturated heterocycles. The summed E-state index contributed by atoms with van der Waals surface area (Å²) in [4.78, 5) is 3.97. The summed E-state index contributed by atoms with van der Waals surface area (Å²) in [5.74, 6) is 0.646. The Hall–Kier alpha value is -2.25. The van der Waals surface area contributed by atoms with Crippen molar-refractivity contribution >= 4 is 23.0 Å². The third-order valence-electron chi connectivity index (χ3n) is 2.34. The summed E-state index contributed by atoms with van der Waals surface area (Å²) in [5, 5.41) is 12.6. The molecule has 2 aromatic rings. The number of ether oxygens (including phenoxy) is 1. The summed E-state index contributed by atoms with van der Waals surface area (Å²) < 4.78 is 5.22. The number of aromatic nitrogens is 1. The van der Waals surface area contributed by atoms with E-state index in [-0.39, 0.29) is 0 Å². The van der Waals surface area contributed by atoms with Crippen LogP contribution in [0.4, 0.5) is 11.4 Å². The standard InChI is InChI=1S/C13H10ClN3O/c1-18-13-5-4-9(14)7-11(13)17-10-3-2-6-16-12(10)8-15/h2-7,17H,1H3. The Labute approximate surface area is 110 Å². The molecule has 0 amide bonds. The molecular formula is C13H10ClN3O. The molecule has 1 N–H and O–H groups in total. The minimum absolute atomic E-state index is 0.319. The van der Waals surface area contributed by atoms with Gasteiger partial charge in [-0.1, -0.05) is 11.6 Å². The lowest BCUT2D eigenvalue weighted by Gasteiger charge is -2.11. The second kappa shape index (κ2) is 5.39. The van der Waals surface area contributed by atoms with Gasteiger partial charge in [-0.2, -0.15) is 5.26 Å². The van der Waals surface area contributed by atoms with Crippen LogP contribution in [0.1, 0.15) is 5.69 Å². The van der Waals surface area contributed by atoms with Crippen LogP contribution in [0.5, 0.6) is 5.75 Å². The van der Waals surface area contributed by atoms with E-state index in [1.807, 2.05) is 6.07 Å². The molecular weight excluding hydrogens is 250 g/mol. The first-order valence-electron chi connectivity index (χ1n) is 5.20. The molecule has 18 heavy (non-hydrogen) atoms. The first kappa shape index (κ1) is 12.2. The summed E-state index contributed by atoms with van der Waals surface area (Å²) in [6.07, 6.45) is 1.57. The van der Waals surface area contributed by atoms with Crippen LogP contribution in [0, 0.1) is 11.3 Å². The van der Waals surface area contributed by atoms with Gasteiger partial charge in [-0.25, -0.2) is 4.98 Å². The Morgan fingerprint density at radius 2 is 2.17 bits per heavy atom. The average Bonchev–Trinajstić information content (AvgIpc) is 2.40. The minimum atomic E-state index is 0.319. The molecule has 0 bridgehead atoms. The fourth-order valence-corrected chi connectivity index (χ4v) is 1.69. The van der Waals surface area contributed by atoms with Crippen LogP contribution < -0.4 is 10.1 Å². The first-order chi connectivity index (χ1) is 8.74. The molecule has 0 fully saturated rings. The van der Waals surface area contributed by atoms with Gasteiger partial charge in [0.25, 0.3) is 0 Å². The van der Waals surface area contributed by atoms with Crippen molar-refractivity contribution in [3.63, 3.8) is 0 Å². The highest BCUT2D eigenvalue weighted by atomic mass is 35.5. The van der Waals surface area contributed by atoms with E-state index in [4.69, 9.17) is 21.6 Å². The molecule has 0 aliphatic rings. The second-order valence-corrected chi connectivity index (χ2v) is 3.92. The highest BCUT2D eigenvalue weighted by Gasteiger charge is 2.07. The maximum Gasteiger partial charge on any atom is 0.163 e. The van der Waals surface area contributed by atoms with Crippen molar-refractivity contribution < 1.29 is 4.74 Å². The molecule has 1 aromatic carbocycles. The second-order valence-electron chi connectivity index (χ2n) is 3.48. The van der Waals surface area contributed by atoms with E-state index in [1.165, 1.54) is 0 Å². The van der Waals surface area contributed by atoms with Gasteiger partial charge in [-0.15, -0.1) is 0 Å². The summed E-state index contributed by atoms with van der Waals surface area (Å²) >= 11 is 5.94. The zero-order chi connectivity index (χ0) is 13.0. The molecule has 0 saturated carbocycles. The SMILES string of the molecule is COc1ccc(Cl)cc1Nc1cccnc1C#N. The number of pyridine rings is 1. The lowest BCUT2D eigenvalue weighted by molar-refractivity contribution is 0.417. The smallest absolute Gasteiger partial charge is 0.163 e. The number of nitrogens with zero attached hydrogens (tertiary/aromatic N) is 2. The third-order valence-corrected chi connectivity index (χ3v) is 2.58. The van der Waals surface area contributed by atoms with Gasteiger partial charge in [0, 0.05) is 11.2 Å². The average molecular weight is 260 g/mol. The molecule has 4 nitrogen and oxygen atoms in total. The molecule has 0 spiro atoms. The molecule has 0 atom stereocenters. The topological polar surface area (TPSA) is 57.9 Å². The van der Waals surface area contributed by atoms with Gasteiger partial charge in [-0.3, -0.25) is 0 Å². The van der Waals surface area contributed by atoms with E-state index in [2.05, 4.69) is 10.3 Å². The van der Waals surface area contributed by atoms with Crippen LogP contribution in [0.25, 0.3) is 0 Å². The quantitative estimate of drug-likeness (QED) is 0.918. The lowest BCUT2D eigenvalue weighted by Crippen LogP contribution is -1.98. The fraction of sp³-hybridized carbons (Fsp3) is 0.0769. The zero-order valence-corrected chi connectivity index (χ0v) is 10.4. The van der Waals surface area contributed by atoms with Crippen molar-refractivity contribution in [2.45, 2.75) is 0 Å². The normalized spacial score (nSPS) is 9.61. The van der Waals surface area contributed by atoms with Crippen LogP contribution in [0.15, 0.2) is 36.5 Å². The molecule has 0 unspecified atom stereocenters. The van der Waals surface area contributed by atoms with Gasteiger partial charge in [0.15, 0.2) is 5.69 Å². The predicted molar refractivity (Wildman–Crippen MR) is 70.2 cm³/mol. The predicted octanol–water partition coefficient (Wildman–Crippen LogP) is 3.36. The van der Waals surface area contributed by atoms with Gasteiger partial charge < -0.3 is 10.1 Å². The minimum Gasteiger partial charge on any atom is -0.495 e. The van der Waals surface area contributed by atoms with Crippen LogP contribution in [-0.2, 0) is 0 Å². The Morgan fingerprint density at radius 1 is 1.33 bits per heavy atom. The van der Waals surface area contributed by atoms with E-state index >= 15 is 0 Å². The van der Waals surface area contributed by atoms with Gasteiger partial charge in [-0.05, 0) is 30.3 Å². The molecule has 5 heteroatoms. The van der Waals surface area contributed by atoms with Gasteiger partial charge >= 0.3 is 0 Å². The van der Waals surface area contributed by atoms with Crippen LogP contribution in [-0.4, -0.2) is 12.1 Å². The Morgan fingerprint density at radius 3 is 2.89 bits per heavy atom. The monoisotopic (exact) mass is 259 g/mol. The van der Waals surface area contributed by atoms with E-state index in [0.717, 1.165) is 0 Å². The third kappa shape index (κ3) is 2.53. The zero-order valence-electron chi connectivity index (χ0n) is 9.64. The summed E-state index contributed by atoms with van der Waals surface area (Å²) in [6, 6.07) is 10.8. The van der Waals surface area contributed by atoms with Gasteiger partial charge in [0.2, 0.25) is 0 Å². The van der Waals surface area contributed by atoms with Crippen molar-refractivity contribution in [1.29, 1.82) is 5.26 Å².